The van der Waals surface area contributed by atoms with Crippen molar-refractivity contribution in [3.8, 4) is 23.7 Å². The van der Waals surface area contributed by atoms with E-state index in [1.807, 2.05) is 12.2 Å². The molecule has 0 saturated carbocycles. The van der Waals surface area contributed by atoms with E-state index in [2.05, 4.69) is 36.8 Å². The number of hydrogen-bond acceptors (Lipinski definition) is 3. The Balaban J connectivity index is 4.36. The molecule has 0 rings (SSSR count). The van der Waals surface area contributed by atoms with Gasteiger partial charge in [-0.25, -0.2) is 0 Å². The first-order valence-corrected chi connectivity index (χ1v) is 7.36. The molecule has 0 radical (unpaired) electrons. The maximum atomic E-state index is 11.0. The molecule has 1 N–H and O–H groups in total. The number of rotatable bonds is 9. The van der Waals surface area contributed by atoms with E-state index in [1.54, 1.807) is 6.08 Å². The fourth-order valence-electron chi connectivity index (χ4n) is 1.52. The standard InChI is InChI=1S/C19H24O3/c1-4-6-7-8-9-10-11-15-19(22-17(3)20)16-13-12-14-18(21)5-2/h4-5,11,15,18-19,21H,1-2,6-10H2,3H3. The largest absolute Gasteiger partial charge is 0.445 e. The van der Waals surface area contributed by atoms with E-state index in [4.69, 9.17) is 9.84 Å². The van der Waals surface area contributed by atoms with Crippen LogP contribution in [-0.2, 0) is 9.53 Å². The molecule has 118 valence electrons. The van der Waals surface area contributed by atoms with Crippen molar-refractivity contribution in [1.29, 1.82) is 0 Å². The highest BCUT2D eigenvalue weighted by atomic mass is 16.5. The Labute approximate surface area is 133 Å². The van der Waals surface area contributed by atoms with Crippen LogP contribution in [0.3, 0.4) is 0 Å². The first-order valence-electron chi connectivity index (χ1n) is 7.36. The van der Waals surface area contributed by atoms with Crippen molar-refractivity contribution >= 4 is 5.97 Å². The number of allylic oxidation sites excluding steroid dienone is 2. The second kappa shape index (κ2) is 13.7. The van der Waals surface area contributed by atoms with Crippen molar-refractivity contribution < 1.29 is 14.6 Å². The maximum absolute atomic E-state index is 11.0. The zero-order valence-corrected chi connectivity index (χ0v) is 13.2. The molecule has 0 aliphatic rings. The van der Waals surface area contributed by atoms with E-state index in [1.165, 1.54) is 13.0 Å². The van der Waals surface area contributed by atoms with Crippen LogP contribution in [-0.4, -0.2) is 23.3 Å². The smallest absolute Gasteiger partial charge is 0.304 e. The van der Waals surface area contributed by atoms with Gasteiger partial charge in [-0.15, -0.1) is 6.58 Å². The summed E-state index contributed by atoms with van der Waals surface area (Å²) in [5.41, 5.74) is 0. The SMILES string of the molecule is C=CCCCCCC=CC(C#CC#CC(O)C=C)OC(C)=O. The number of hydrogen-bond donors (Lipinski definition) is 1. The van der Waals surface area contributed by atoms with Crippen LogP contribution < -0.4 is 0 Å². The summed E-state index contributed by atoms with van der Waals surface area (Å²) in [5.74, 6) is 9.88. The van der Waals surface area contributed by atoms with Gasteiger partial charge in [0.2, 0.25) is 0 Å². The van der Waals surface area contributed by atoms with Gasteiger partial charge in [0.25, 0.3) is 0 Å². The summed E-state index contributed by atoms with van der Waals surface area (Å²) < 4.78 is 5.07. The van der Waals surface area contributed by atoms with Crippen LogP contribution in [0.4, 0.5) is 0 Å². The van der Waals surface area contributed by atoms with Crippen LogP contribution in [0, 0.1) is 23.7 Å². The molecular weight excluding hydrogens is 276 g/mol. The molecule has 2 unspecified atom stereocenters. The van der Waals surface area contributed by atoms with Crippen molar-refractivity contribution in [1.82, 2.24) is 0 Å². The normalized spacial score (nSPS) is 12.3. The van der Waals surface area contributed by atoms with E-state index in [-0.39, 0.29) is 0 Å². The lowest BCUT2D eigenvalue weighted by Gasteiger charge is -2.05. The van der Waals surface area contributed by atoms with Gasteiger partial charge in [0.15, 0.2) is 6.10 Å². The van der Waals surface area contributed by atoms with Gasteiger partial charge in [0.05, 0.1) is 0 Å². The summed E-state index contributed by atoms with van der Waals surface area (Å²) in [6.45, 7) is 8.43. The summed E-state index contributed by atoms with van der Waals surface area (Å²) in [5, 5.41) is 9.17. The lowest BCUT2D eigenvalue weighted by Crippen LogP contribution is -2.11. The summed E-state index contributed by atoms with van der Waals surface area (Å²) in [7, 11) is 0. The first-order chi connectivity index (χ1) is 10.6. The Morgan fingerprint density at radius 1 is 1.18 bits per heavy atom. The highest BCUT2D eigenvalue weighted by Gasteiger charge is 2.02. The van der Waals surface area contributed by atoms with Gasteiger partial charge < -0.3 is 9.84 Å². The number of esters is 1. The molecule has 3 nitrogen and oxygen atoms in total. The van der Waals surface area contributed by atoms with Crippen LogP contribution in [0.15, 0.2) is 37.5 Å². The number of unbranched alkanes of at least 4 members (excludes halogenated alkanes) is 4. The molecule has 0 bridgehead atoms. The molecule has 0 aromatic heterocycles. The highest BCUT2D eigenvalue weighted by Crippen LogP contribution is 2.05. The zero-order valence-electron chi connectivity index (χ0n) is 13.2. The summed E-state index contributed by atoms with van der Waals surface area (Å²) >= 11 is 0. The summed E-state index contributed by atoms with van der Waals surface area (Å²) in [4.78, 5) is 11.0. The van der Waals surface area contributed by atoms with Crippen LogP contribution in [0.1, 0.15) is 39.0 Å². The van der Waals surface area contributed by atoms with Gasteiger partial charge >= 0.3 is 5.97 Å². The van der Waals surface area contributed by atoms with Crippen molar-refractivity contribution in [3.63, 3.8) is 0 Å². The van der Waals surface area contributed by atoms with Gasteiger partial charge in [-0.3, -0.25) is 4.79 Å². The van der Waals surface area contributed by atoms with Gasteiger partial charge in [0, 0.05) is 6.92 Å². The average Bonchev–Trinajstić information content (AvgIpc) is 2.49. The number of aliphatic hydroxyl groups is 1. The van der Waals surface area contributed by atoms with Crippen molar-refractivity contribution in [2.24, 2.45) is 0 Å². The molecule has 2 atom stereocenters. The minimum atomic E-state index is -0.896. The molecule has 0 aromatic carbocycles. The monoisotopic (exact) mass is 300 g/mol. The number of ether oxygens (including phenoxy) is 1. The van der Waals surface area contributed by atoms with Crippen LogP contribution in [0.2, 0.25) is 0 Å². The highest BCUT2D eigenvalue weighted by molar-refractivity contribution is 5.66. The molecule has 0 aromatic rings. The first kappa shape index (κ1) is 19.8. The topological polar surface area (TPSA) is 46.5 Å². The third-order valence-corrected chi connectivity index (χ3v) is 2.60. The van der Waals surface area contributed by atoms with Crippen molar-refractivity contribution in [3.05, 3.63) is 37.5 Å². The van der Waals surface area contributed by atoms with Gasteiger partial charge in [0.1, 0.15) is 6.10 Å². The Kier molecular flexibility index (Phi) is 12.3. The van der Waals surface area contributed by atoms with E-state index in [0.29, 0.717) is 0 Å². The van der Waals surface area contributed by atoms with Crippen LogP contribution in [0.5, 0.6) is 0 Å². The van der Waals surface area contributed by atoms with E-state index in [0.717, 1.165) is 32.1 Å². The number of carbonyl (C=O) groups is 1. The number of aliphatic hydroxyl groups excluding tert-OH is 1. The van der Waals surface area contributed by atoms with Gasteiger partial charge in [-0.05, 0) is 49.5 Å². The lowest BCUT2D eigenvalue weighted by molar-refractivity contribution is -0.142. The summed E-state index contributed by atoms with van der Waals surface area (Å²) in [6.07, 6.45) is 10.8. The van der Waals surface area contributed by atoms with Crippen molar-refractivity contribution in [2.75, 3.05) is 0 Å². The van der Waals surface area contributed by atoms with Crippen molar-refractivity contribution in [2.45, 2.75) is 51.2 Å². The third kappa shape index (κ3) is 12.8. The van der Waals surface area contributed by atoms with E-state index in [9.17, 15) is 4.79 Å². The molecular formula is C19H24O3. The molecule has 0 heterocycles. The zero-order chi connectivity index (χ0) is 16.6. The quantitative estimate of drug-likeness (QED) is 0.308. The second-order valence-electron chi connectivity index (χ2n) is 4.60. The predicted molar refractivity (Wildman–Crippen MR) is 89.7 cm³/mol. The van der Waals surface area contributed by atoms with Gasteiger partial charge in [-0.2, -0.15) is 0 Å². The lowest BCUT2D eigenvalue weighted by atomic mass is 10.1. The molecule has 0 spiro atoms. The average molecular weight is 300 g/mol. The molecule has 0 saturated heterocycles. The Hall–Kier alpha value is -2.23. The molecule has 0 aliphatic heterocycles. The second-order valence-corrected chi connectivity index (χ2v) is 4.60. The van der Waals surface area contributed by atoms with E-state index < -0.39 is 18.2 Å². The third-order valence-electron chi connectivity index (χ3n) is 2.60. The molecule has 0 amide bonds. The Morgan fingerprint density at radius 3 is 2.50 bits per heavy atom. The minimum absolute atomic E-state index is 0.394. The molecule has 3 heteroatoms. The minimum Gasteiger partial charge on any atom is -0.445 e. The van der Waals surface area contributed by atoms with Gasteiger partial charge in [-0.1, -0.05) is 37.1 Å². The number of carbonyl (C=O) groups excluding carboxylic acids is 1. The Morgan fingerprint density at radius 2 is 1.86 bits per heavy atom. The molecule has 0 fully saturated rings. The fourth-order valence-corrected chi connectivity index (χ4v) is 1.52. The van der Waals surface area contributed by atoms with E-state index >= 15 is 0 Å². The van der Waals surface area contributed by atoms with Crippen LogP contribution in [0.25, 0.3) is 0 Å². The molecule has 0 aliphatic carbocycles. The summed E-state index contributed by atoms with van der Waals surface area (Å²) in [6, 6.07) is 0. The Bertz CT molecular complexity index is 494. The fraction of sp³-hybridized carbons (Fsp3) is 0.421. The maximum Gasteiger partial charge on any atom is 0.304 e. The van der Waals surface area contributed by atoms with Crippen LogP contribution >= 0.6 is 0 Å². The predicted octanol–water partition coefficient (Wildman–Crippen LogP) is 3.16. The molecule has 22 heavy (non-hydrogen) atoms.